The zero-order valence-corrected chi connectivity index (χ0v) is 22.2. The number of carbonyl (C=O) groups excluding carboxylic acids is 1. The minimum atomic E-state index is -3.72. The summed E-state index contributed by atoms with van der Waals surface area (Å²) in [6, 6.07) is 13.0. The van der Waals surface area contributed by atoms with E-state index in [1.54, 1.807) is 18.2 Å². The highest BCUT2D eigenvalue weighted by Gasteiger charge is 2.41. The standard InChI is InChI=1S/C25H26N4O6S2/c1-4-33-21-15-17(9-10-20(21)35-12-6-11-34-18-8-5-7-16(2)13-18)14-19-22(26)29-24(27-23(19)30)36-28-25(29)37(3,31)32/h5,7-10,13-15,26H,4,6,11-12H2,1-3H3/b19-14-,26-22?. The number of carbonyl (C=O) groups is 1. The minimum absolute atomic E-state index is 0.0395. The van der Waals surface area contributed by atoms with Crippen molar-refractivity contribution in [3.05, 3.63) is 59.2 Å². The van der Waals surface area contributed by atoms with Crippen molar-refractivity contribution in [3.8, 4) is 17.2 Å². The molecule has 0 saturated heterocycles. The van der Waals surface area contributed by atoms with Crippen LogP contribution in [0, 0.1) is 12.3 Å². The Balaban J connectivity index is 1.46. The quantitative estimate of drug-likeness (QED) is 0.287. The molecule has 2 aromatic rings. The van der Waals surface area contributed by atoms with Gasteiger partial charge in [0.2, 0.25) is 20.2 Å². The molecule has 12 heteroatoms. The lowest BCUT2D eigenvalue weighted by molar-refractivity contribution is -0.114. The van der Waals surface area contributed by atoms with E-state index < -0.39 is 15.7 Å². The fourth-order valence-corrected chi connectivity index (χ4v) is 5.39. The number of nitrogens with zero attached hydrogens (tertiary/aromatic N) is 3. The van der Waals surface area contributed by atoms with Crippen LogP contribution in [0.3, 0.4) is 0 Å². The summed E-state index contributed by atoms with van der Waals surface area (Å²) >= 11 is 0.749. The van der Waals surface area contributed by atoms with Crippen LogP contribution in [0.5, 0.6) is 17.2 Å². The molecule has 0 atom stereocenters. The van der Waals surface area contributed by atoms with E-state index in [0.29, 0.717) is 43.3 Å². The van der Waals surface area contributed by atoms with Gasteiger partial charge in [0.25, 0.3) is 5.91 Å². The average Bonchev–Trinajstić information content (AvgIpc) is 3.27. The van der Waals surface area contributed by atoms with Gasteiger partial charge in [0.15, 0.2) is 11.5 Å². The molecule has 0 saturated carbocycles. The first-order valence-corrected chi connectivity index (χ1v) is 14.1. The molecule has 0 spiro atoms. The van der Waals surface area contributed by atoms with Crippen molar-refractivity contribution in [3.63, 3.8) is 0 Å². The average molecular weight is 543 g/mol. The number of sulfone groups is 1. The molecule has 194 valence electrons. The van der Waals surface area contributed by atoms with Gasteiger partial charge in [-0.1, -0.05) is 18.2 Å². The van der Waals surface area contributed by atoms with Crippen LogP contribution >= 0.6 is 11.9 Å². The number of hydrogen-bond acceptors (Lipinski definition) is 9. The van der Waals surface area contributed by atoms with Gasteiger partial charge < -0.3 is 14.2 Å². The van der Waals surface area contributed by atoms with Crippen LogP contribution in [-0.2, 0) is 14.6 Å². The van der Waals surface area contributed by atoms with Gasteiger partial charge in [0.05, 0.1) is 37.3 Å². The van der Waals surface area contributed by atoms with Gasteiger partial charge in [-0.3, -0.25) is 10.2 Å². The second-order valence-electron chi connectivity index (χ2n) is 8.19. The normalized spacial score (nSPS) is 16.4. The van der Waals surface area contributed by atoms with Crippen molar-refractivity contribution in [1.29, 1.82) is 5.41 Å². The summed E-state index contributed by atoms with van der Waals surface area (Å²) in [5.74, 6) is 0.865. The molecule has 10 nitrogen and oxygen atoms in total. The van der Waals surface area contributed by atoms with Crippen molar-refractivity contribution >= 4 is 49.9 Å². The van der Waals surface area contributed by atoms with E-state index in [4.69, 9.17) is 19.6 Å². The van der Waals surface area contributed by atoms with Crippen molar-refractivity contribution in [2.24, 2.45) is 9.39 Å². The van der Waals surface area contributed by atoms with Crippen LogP contribution in [-0.4, -0.2) is 61.5 Å². The largest absolute Gasteiger partial charge is 0.493 e. The van der Waals surface area contributed by atoms with Crippen molar-refractivity contribution < 1.29 is 27.4 Å². The molecule has 2 aliphatic rings. The molecular weight excluding hydrogens is 516 g/mol. The summed E-state index contributed by atoms with van der Waals surface area (Å²) in [7, 11) is -3.72. The van der Waals surface area contributed by atoms with Gasteiger partial charge >= 0.3 is 0 Å². The number of nitrogens with one attached hydrogen (secondary N) is 1. The summed E-state index contributed by atoms with van der Waals surface area (Å²) < 4.78 is 45.4. The highest BCUT2D eigenvalue weighted by atomic mass is 32.2. The maximum atomic E-state index is 12.6. The van der Waals surface area contributed by atoms with E-state index in [2.05, 4.69) is 9.39 Å². The fourth-order valence-electron chi connectivity index (χ4n) is 3.54. The predicted molar refractivity (Wildman–Crippen MR) is 144 cm³/mol. The van der Waals surface area contributed by atoms with Crippen LogP contribution in [0.1, 0.15) is 24.5 Å². The number of amides is 1. The summed E-state index contributed by atoms with van der Waals surface area (Å²) in [6.45, 7) is 5.16. The molecule has 0 bridgehead atoms. The third-order valence-corrected chi connectivity index (χ3v) is 6.96. The zero-order chi connectivity index (χ0) is 26.6. The summed E-state index contributed by atoms with van der Waals surface area (Å²) in [5, 5.41) is 8.19. The SMILES string of the molecule is CCOc1cc(/C=C2/C(=N)N3C(=NC2=O)SN=C3S(C)(=O)=O)ccc1OCCCOc1cccc(C)c1. The number of fused-ring (bicyclic) bond motifs is 1. The Kier molecular flexibility index (Phi) is 7.98. The summed E-state index contributed by atoms with van der Waals surface area (Å²) in [4.78, 5) is 17.6. The molecule has 1 N–H and O–H groups in total. The predicted octanol–water partition coefficient (Wildman–Crippen LogP) is 3.86. The van der Waals surface area contributed by atoms with Crippen LogP contribution in [0.15, 0.2) is 57.4 Å². The van der Waals surface area contributed by atoms with Crippen LogP contribution in [0.2, 0.25) is 0 Å². The number of aliphatic imine (C=N–C) groups is 1. The maximum Gasteiger partial charge on any atom is 0.283 e. The Hall–Kier alpha value is -3.64. The van der Waals surface area contributed by atoms with E-state index in [1.165, 1.54) is 6.08 Å². The number of hydrogen-bond donors (Lipinski definition) is 1. The highest BCUT2D eigenvalue weighted by molar-refractivity contribution is 8.16. The number of aryl methyl sites for hydroxylation is 1. The van der Waals surface area contributed by atoms with E-state index in [1.807, 2.05) is 38.1 Å². The minimum Gasteiger partial charge on any atom is -0.493 e. The van der Waals surface area contributed by atoms with Gasteiger partial charge in [0.1, 0.15) is 11.6 Å². The monoisotopic (exact) mass is 542 g/mol. The third-order valence-electron chi connectivity index (χ3n) is 5.21. The second kappa shape index (κ2) is 11.2. The highest BCUT2D eigenvalue weighted by Crippen LogP contribution is 2.32. The molecule has 1 amide bonds. The number of rotatable bonds is 9. The molecule has 2 aliphatic heterocycles. The maximum absolute atomic E-state index is 12.6. The Bertz CT molecular complexity index is 1430. The lowest BCUT2D eigenvalue weighted by Crippen LogP contribution is -2.45. The van der Waals surface area contributed by atoms with Crippen LogP contribution in [0.4, 0.5) is 0 Å². The van der Waals surface area contributed by atoms with Crippen molar-refractivity contribution in [1.82, 2.24) is 4.90 Å². The number of benzene rings is 2. The molecular formula is C25H26N4O6S2. The molecule has 0 radical (unpaired) electrons. The third kappa shape index (κ3) is 6.20. The molecule has 0 aromatic heterocycles. The van der Waals surface area contributed by atoms with Crippen molar-refractivity contribution in [2.75, 3.05) is 26.1 Å². The topological polar surface area (TPSA) is 131 Å². The first-order chi connectivity index (χ1) is 17.7. The first-order valence-electron chi connectivity index (χ1n) is 11.5. The fraction of sp³-hybridized carbons (Fsp3) is 0.280. The smallest absolute Gasteiger partial charge is 0.283 e. The molecule has 37 heavy (non-hydrogen) atoms. The number of amidine groups is 3. The lowest BCUT2D eigenvalue weighted by atomic mass is 10.1. The van der Waals surface area contributed by atoms with E-state index in [9.17, 15) is 13.2 Å². The zero-order valence-electron chi connectivity index (χ0n) is 20.6. The van der Waals surface area contributed by atoms with Gasteiger partial charge in [-0.15, -0.1) is 0 Å². The van der Waals surface area contributed by atoms with Gasteiger partial charge in [-0.2, -0.15) is 9.39 Å². The van der Waals surface area contributed by atoms with Crippen molar-refractivity contribution in [2.45, 2.75) is 20.3 Å². The van der Waals surface area contributed by atoms with Crippen LogP contribution < -0.4 is 14.2 Å². The lowest BCUT2D eigenvalue weighted by Gasteiger charge is -2.23. The summed E-state index contributed by atoms with van der Waals surface area (Å²) in [5.41, 5.74) is 1.63. The Morgan fingerprint density at radius 2 is 1.86 bits per heavy atom. The van der Waals surface area contributed by atoms with E-state index >= 15 is 0 Å². The van der Waals surface area contributed by atoms with Crippen LogP contribution in [0.25, 0.3) is 6.08 Å². The molecule has 0 unspecified atom stereocenters. The first kappa shape index (κ1) is 26.4. The Morgan fingerprint density at radius 3 is 2.59 bits per heavy atom. The second-order valence-corrected chi connectivity index (χ2v) is 10.8. The van der Waals surface area contributed by atoms with E-state index in [-0.39, 0.29) is 21.7 Å². The van der Waals surface area contributed by atoms with Gasteiger partial charge in [-0.25, -0.2) is 13.3 Å². The molecule has 2 aromatic carbocycles. The van der Waals surface area contributed by atoms with E-state index in [0.717, 1.165) is 34.4 Å². The Morgan fingerprint density at radius 1 is 1.08 bits per heavy atom. The number of ether oxygens (including phenoxy) is 3. The molecule has 0 aliphatic carbocycles. The van der Waals surface area contributed by atoms with Gasteiger partial charge in [0, 0.05) is 12.7 Å². The molecule has 2 heterocycles. The molecule has 0 fully saturated rings. The van der Waals surface area contributed by atoms with Gasteiger partial charge in [-0.05, 0) is 55.3 Å². The molecule has 4 rings (SSSR count). The summed E-state index contributed by atoms with van der Waals surface area (Å²) in [6.07, 6.45) is 3.12. The Labute approximate surface area is 219 Å².